The third-order valence-electron chi connectivity index (χ3n) is 4.37. The number of benzene rings is 2. The molecule has 3 aromatic rings. The number of hydrogen-bond acceptors (Lipinski definition) is 5. The van der Waals surface area contributed by atoms with Gasteiger partial charge in [0.15, 0.2) is 11.5 Å². The molecule has 2 heterocycles. The second kappa shape index (κ2) is 8.57. The van der Waals surface area contributed by atoms with Crippen molar-refractivity contribution < 1.29 is 23.4 Å². The van der Waals surface area contributed by atoms with Gasteiger partial charge in [-0.3, -0.25) is 9.48 Å². The van der Waals surface area contributed by atoms with E-state index >= 15 is 0 Å². The maximum atomic E-state index is 13.1. The lowest BCUT2D eigenvalue weighted by atomic mass is 10.1. The van der Waals surface area contributed by atoms with Crippen LogP contribution in [0, 0.1) is 17.7 Å². The van der Waals surface area contributed by atoms with Crippen molar-refractivity contribution in [3.05, 3.63) is 60.0 Å². The Morgan fingerprint density at radius 1 is 1.17 bits per heavy atom. The van der Waals surface area contributed by atoms with E-state index < -0.39 is 0 Å². The van der Waals surface area contributed by atoms with Crippen LogP contribution in [0.15, 0.2) is 48.5 Å². The standard InChI is InChI=1S/C22H18FN3O4/c1-26-19(13-18(25-26)15-4-6-16(23)7-5-15)22(27)24-10-2-3-11-28-17-8-9-20-21(12-17)30-14-29-20/h4-9,12-13H,10-11,14H2,1H3,(H,24,27). The molecule has 1 N–H and O–H groups in total. The molecular weight excluding hydrogens is 389 g/mol. The minimum Gasteiger partial charge on any atom is -0.481 e. The number of hydrogen-bond donors (Lipinski definition) is 1. The molecule has 0 unspecified atom stereocenters. The Morgan fingerprint density at radius 2 is 1.97 bits per heavy atom. The van der Waals surface area contributed by atoms with Crippen LogP contribution in [0.1, 0.15) is 10.5 Å². The zero-order valence-corrected chi connectivity index (χ0v) is 16.1. The quantitative estimate of drug-likeness (QED) is 0.659. The molecule has 0 aliphatic carbocycles. The summed E-state index contributed by atoms with van der Waals surface area (Å²) in [6, 6.07) is 12.9. The van der Waals surface area contributed by atoms with Crippen LogP contribution >= 0.6 is 0 Å². The molecule has 1 amide bonds. The minimum atomic E-state index is -0.325. The average Bonchev–Trinajstić information content (AvgIpc) is 3.37. The maximum absolute atomic E-state index is 13.1. The maximum Gasteiger partial charge on any atom is 0.270 e. The Hall–Kier alpha value is -3.99. The number of fused-ring (bicyclic) bond motifs is 1. The second-order valence-corrected chi connectivity index (χ2v) is 6.39. The van der Waals surface area contributed by atoms with Gasteiger partial charge in [-0.05, 0) is 42.5 Å². The van der Waals surface area contributed by atoms with E-state index in [9.17, 15) is 9.18 Å². The predicted octanol–water partition coefficient (Wildman–Crippen LogP) is 2.77. The van der Waals surface area contributed by atoms with Gasteiger partial charge in [-0.15, -0.1) is 0 Å². The van der Waals surface area contributed by atoms with Crippen LogP contribution in [-0.4, -0.2) is 35.6 Å². The first kappa shape index (κ1) is 19.3. The molecule has 8 heteroatoms. The molecule has 2 aromatic carbocycles. The molecule has 0 bridgehead atoms. The molecule has 0 atom stereocenters. The lowest BCUT2D eigenvalue weighted by molar-refractivity contribution is 0.0949. The normalized spacial score (nSPS) is 11.5. The van der Waals surface area contributed by atoms with Crippen molar-refractivity contribution in [3.8, 4) is 40.3 Å². The number of ether oxygens (including phenoxy) is 3. The summed E-state index contributed by atoms with van der Waals surface area (Å²) in [4.78, 5) is 12.4. The summed E-state index contributed by atoms with van der Waals surface area (Å²) in [5.74, 6) is 7.01. The second-order valence-electron chi connectivity index (χ2n) is 6.39. The van der Waals surface area contributed by atoms with Crippen LogP contribution in [0.2, 0.25) is 0 Å². The van der Waals surface area contributed by atoms with Crippen LogP contribution in [0.5, 0.6) is 17.2 Å². The van der Waals surface area contributed by atoms with Gasteiger partial charge in [-0.1, -0.05) is 11.8 Å². The molecule has 0 fully saturated rings. The first-order valence-electron chi connectivity index (χ1n) is 9.16. The van der Waals surface area contributed by atoms with Crippen LogP contribution in [0.4, 0.5) is 4.39 Å². The zero-order valence-electron chi connectivity index (χ0n) is 16.1. The number of nitrogens with one attached hydrogen (secondary N) is 1. The van der Waals surface area contributed by atoms with E-state index in [1.54, 1.807) is 43.4 Å². The fourth-order valence-corrected chi connectivity index (χ4v) is 2.86. The molecule has 30 heavy (non-hydrogen) atoms. The number of rotatable bonds is 5. The zero-order chi connectivity index (χ0) is 20.9. The number of aromatic nitrogens is 2. The van der Waals surface area contributed by atoms with Crippen molar-refractivity contribution in [2.45, 2.75) is 0 Å². The fourth-order valence-electron chi connectivity index (χ4n) is 2.86. The fraction of sp³-hybridized carbons (Fsp3) is 0.182. The van der Waals surface area contributed by atoms with Crippen molar-refractivity contribution in [1.29, 1.82) is 0 Å². The summed E-state index contributed by atoms with van der Waals surface area (Å²) < 4.78 is 30.6. The van der Waals surface area contributed by atoms with Crippen LogP contribution in [-0.2, 0) is 7.05 Å². The Labute approximate surface area is 172 Å². The first-order chi connectivity index (χ1) is 14.6. The summed E-state index contributed by atoms with van der Waals surface area (Å²) >= 11 is 0. The summed E-state index contributed by atoms with van der Waals surface area (Å²) in [6.07, 6.45) is 0. The van der Waals surface area contributed by atoms with Gasteiger partial charge in [-0.25, -0.2) is 4.39 Å². The van der Waals surface area contributed by atoms with Crippen molar-refractivity contribution in [3.63, 3.8) is 0 Å². The van der Waals surface area contributed by atoms with E-state index in [2.05, 4.69) is 22.3 Å². The number of amides is 1. The van der Waals surface area contributed by atoms with E-state index in [1.807, 2.05) is 0 Å². The molecule has 0 spiro atoms. The molecule has 1 aliphatic rings. The van der Waals surface area contributed by atoms with Gasteiger partial charge in [0.05, 0.1) is 12.2 Å². The van der Waals surface area contributed by atoms with Crippen molar-refractivity contribution in [2.24, 2.45) is 7.05 Å². The molecule has 0 saturated carbocycles. The summed E-state index contributed by atoms with van der Waals surface area (Å²) in [5.41, 5.74) is 1.70. The van der Waals surface area contributed by atoms with Crippen molar-refractivity contribution in [2.75, 3.05) is 19.9 Å². The van der Waals surface area contributed by atoms with E-state index in [-0.39, 0.29) is 31.7 Å². The third kappa shape index (κ3) is 4.36. The van der Waals surface area contributed by atoms with Gasteiger partial charge in [0.25, 0.3) is 5.91 Å². The monoisotopic (exact) mass is 407 g/mol. The Bertz CT molecular complexity index is 1130. The Kier molecular flexibility index (Phi) is 5.52. The van der Waals surface area contributed by atoms with E-state index in [1.165, 1.54) is 16.8 Å². The molecule has 1 aliphatic heterocycles. The van der Waals surface area contributed by atoms with Crippen LogP contribution in [0.3, 0.4) is 0 Å². The first-order valence-corrected chi connectivity index (χ1v) is 9.16. The number of carbonyl (C=O) groups excluding carboxylic acids is 1. The topological polar surface area (TPSA) is 74.6 Å². The number of nitrogens with zero attached hydrogens (tertiary/aromatic N) is 2. The average molecular weight is 407 g/mol. The van der Waals surface area contributed by atoms with Crippen molar-refractivity contribution >= 4 is 5.91 Å². The van der Waals surface area contributed by atoms with Gasteiger partial charge in [-0.2, -0.15) is 5.10 Å². The summed E-state index contributed by atoms with van der Waals surface area (Å²) in [7, 11) is 1.67. The molecule has 4 rings (SSSR count). The van der Waals surface area contributed by atoms with Crippen molar-refractivity contribution in [1.82, 2.24) is 15.1 Å². The van der Waals surface area contributed by atoms with Gasteiger partial charge in [0, 0.05) is 18.7 Å². The van der Waals surface area contributed by atoms with E-state index in [0.29, 0.717) is 28.6 Å². The van der Waals surface area contributed by atoms with Crippen LogP contribution < -0.4 is 19.5 Å². The lowest BCUT2D eigenvalue weighted by Gasteiger charge is -2.03. The molecule has 0 saturated heterocycles. The summed E-state index contributed by atoms with van der Waals surface area (Å²) in [6.45, 7) is 0.552. The Morgan fingerprint density at radius 3 is 2.80 bits per heavy atom. The highest BCUT2D eigenvalue weighted by Crippen LogP contribution is 2.34. The van der Waals surface area contributed by atoms with Gasteiger partial charge in [0.1, 0.15) is 23.9 Å². The summed E-state index contributed by atoms with van der Waals surface area (Å²) in [5, 5.41) is 7.03. The highest BCUT2D eigenvalue weighted by atomic mass is 19.1. The lowest BCUT2D eigenvalue weighted by Crippen LogP contribution is -2.25. The predicted molar refractivity (Wildman–Crippen MR) is 107 cm³/mol. The van der Waals surface area contributed by atoms with E-state index in [0.717, 1.165) is 5.56 Å². The smallest absolute Gasteiger partial charge is 0.270 e. The molecule has 1 aromatic heterocycles. The SMILES string of the molecule is Cn1nc(-c2ccc(F)cc2)cc1C(=O)NCC#CCOc1ccc2c(c1)OCO2. The van der Waals surface area contributed by atoms with Gasteiger partial charge >= 0.3 is 0 Å². The van der Waals surface area contributed by atoms with Gasteiger partial charge in [0.2, 0.25) is 6.79 Å². The van der Waals surface area contributed by atoms with Gasteiger partial charge < -0.3 is 19.5 Å². The number of halogens is 1. The van der Waals surface area contributed by atoms with Crippen LogP contribution in [0.25, 0.3) is 11.3 Å². The molecule has 7 nitrogen and oxygen atoms in total. The number of carbonyl (C=O) groups is 1. The largest absolute Gasteiger partial charge is 0.481 e. The third-order valence-corrected chi connectivity index (χ3v) is 4.37. The molecule has 0 radical (unpaired) electrons. The van der Waals surface area contributed by atoms with E-state index in [4.69, 9.17) is 14.2 Å². The molecular formula is C22H18FN3O4. The number of aryl methyl sites for hydroxylation is 1. The highest BCUT2D eigenvalue weighted by molar-refractivity contribution is 5.93. The Balaban J connectivity index is 1.28. The molecule has 152 valence electrons. The minimum absolute atomic E-state index is 0.167. The highest BCUT2D eigenvalue weighted by Gasteiger charge is 2.14.